The average molecular weight is 280 g/mol. The maximum atomic E-state index is 6.23. The minimum absolute atomic E-state index is 0.119. The predicted molar refractivity (Wildman–Crippen MR) is 68.1 cm³/mol. The van der Waals surface area contributed by atoms with E-state index >= 15 is 0 Å². The molecule has 1 atom stereocenters. The molecule has 2 aromatic rings. The van der Waals surface area contributed by atoms with E-state index in [1.807, 2.05) is 25.5 Å². The highest BCUT2D eigenvalue weighted by Gasteiger charge is 2.13. The largest absolute Gasteiger partial charge is 0.320 e. The van der Waals surface area contributed by atoms with Crippen LogP contribution in [0.5, 0.6) is 0 Å². The molecule has 2 rings (SSSR count). The lowest BCUT2D eigenvalue weighted by Gasteiger charge is -2.13. The molecule has 0 bridgehead atoms. The Hall–Kier alpha value is -1.13. The van der Waals surface area contributed by atoms with Gasteiger partial charge in [0.25, 0.3) is 0 Å². The van der Waals surface area contributed by atoms with Gasteiger partial charge in [-0.15, -0.1) is 0 Å². The van der Waals surface area contributed by atoms with Crippen molar-refractivity contribution < 1.29 is 0 Å². The van der Waals surface area contributed by atoms with Crippen molar-refractivity contribution >= 4 is 15.9 Å². The van der Waals surface area contributed by atoms with Crippen LogP contribution in [0.3, 0.4) is 0 Å². The molecule has 0 saturated carbocycles. The molecule has 3 nitrogen and oxygen atoms in total. The Morgan fingerprint density at radius 3 is 2.81 bits per heavy atom. The van der Waals surface area contributed by atoms with Crippen molar-refractivity contribution in [1.29, 1.82) is 0 Å². The Bertz CT molecular complexity index is 505. The van der Waals surface area contributed by atoms with E-state index in [0.717, 1.165) is 15.6 Å². The van der Waals surface area contributed by atoms with Crippen molar-refractivity contribution in [3.63, 3.8) is 0 Å². The van der Waals surface area contributed by atoms with Gasteiger partial charge >= 0.3 is 0 Å². The lowest BCUT2D eigenvalue weighted by atomic mass is 9.98. The van der Waals surface area contributed by atoms with Gasteiger partial charge in [-0.3, -0.25) is 4.68 Å². The number of hydrogen-bond donors (Lipinski definition) is 1. The van der Waals surface area contributed by atoms with Crippen LogP contribution in [0.1, 0.15) is 22.7 Å². The lowest BCUT2D eigenvalue weighted by Crippen LogP contribution is -2.12. The lowest BCUT2D eigenvalue weighted by molar-refractivity contribution is 0.764. The first-order valence-corrected chi connectivity index (χ1v) is 5.87. The molecule has 2 N–H and O–H groups in total. The van der Waals surface area contributed by atoms with Gasteiger partial charge < -0.3 is 5.73 Å². The van der Waals surface area contributed by atoms with Crippen molar-refractivity contribution in [2.24, 2.45) is 12.8 Å². The smallest absolute Gasteiger partial charge is 0.0585 e. The molecule has 1 aromatic carbocycles. The highest BCUT2D eigenvalue weighted by atomic mass is 79.9. The third-order valence-electron chi connectivity index (χ3n) is 2.66. The summed E-state index contributed by atoms with van der Waals surface area (Å²) < 4.78 is 2.81. The summed E-state index contributed by atoms with van der Waals surface area (Å²) in [7, 11) is 1.89. The summed E-state index contributed by atoms with van der Waals surface area (Å²) >= 11 is 3.47. The van der Waals surface area contributed by atoms with Crippen molar-refractivity contribution in [2.75, 3.05) is 0 Å². The van der Waals surface area contributed by atoms with Gasteiger partial charge in [-0.2, -0.15) is 5.10 Å². The molecule has 0 fully saturated rings. The second-order valence-electron chi connectivity index (χ2n) is 3.93. The second kappa shape index (κ2) is 4.39. The highest BCUT2D eigenvalue weighted by Crippen LogP contribution is 2.25. The fourth-order valence-electron chi connectivity index (χ4n) is 1.73. The first-order valence-electron chi connectivity index (χ1n) is 5.08. The normalized spacial score (nSPS) is 12.8. The zero-order valence-corrected chi connectivity index (χ0v) is 10.9. The fraction of sp³-hybridized carbons (Fsp3) is 0.250. The van der Waals surface area contributed by atoms with Gasteiger partial charge in [0.15, 0.2) is 0 Å². The van der Waals surface area contributed by atoms with E-state index in [-0.39, 0.29) is 6.04 Å². The van der Waals surface area contributed by atoms with Crippen LogP contribution in [0.2, 0.25) is 0 Å². The minimum atomic E-state index is -0.119. The van der Waals surface area contributed by atoms with Gasteiger partial charge in [-0.25, -0.2) is 0 Å². The zero-order valence-electron chi connectivity index (χ0n) is 9.31. The Morgan fingerprint density at radius 2 is 2.19 bits per heavy atom. The number of nitrogens with two attached hydrogens (primary N) is 1. The van der Waals surface area contributed by atoms with Gasteiger partial charge in [0, 0.05) is 23.3 Å². The van der Waals surface area contributed by atoms with E-state index in [4.69, 9.17) is 5.73 Å². The van der Waals surface area contributed by atoms with Crippen LogP contribution in [0.15, 0.2) is 35.1 Å². The van der Waals surface area contributed by atoms with Crippen LogP contribution in [-0.4, -0.2) is 9.78 Å². The molecule has 1 aromatic heterocycles. The molecule has 0 spiro atoms. The van der Waals surface area contributed by atoms with Crippen molar-refractivity contribution in [3.05, 3.63) is 51.8 Å². The first-order chi connectivity index (χ1) is 7.58. The van der Waals surface area contributed by atoms with Gasteiger partial charge in [0.2, 0.25) is 0 Å². The van der Waals surface area contributed by atoms with Crippen molar-refractivity contribution in [2.45, 2.75) is 13.0 Å². The number of nitrogens with zero attached hydrogens (tertiary/aromatic N) is 2. The maximum absolute atomic E-state index is 6.23. The van der Waals surface area contributed by atoms with Gasteiger partial charge in [-0.1, -0.05) is 22.0 Å². The van der Waals surface area contributed by atoms with E-state index in [9.17, 15) is 0 Å². The zero-order chi connectivity index (χ0) is 11.7. The van der Waals surface area contributed by atoms with Gasteiger partial charge in [0.05, 0.1) is 12.2 Å². The number of aryl methyl sites for hydroxylation is 2. The topological polar surface area (TPSA) is 43.8 Å². The molecule has 16 heavy (non-hydrogen) atoms. The predicted octanol–water partition coefficient (Wildman–Crippen LogP) is 2.54. The number of rotatable bonds is 2. The molecule has 0 amide bonds. The van der Waals surface area contributed by atoms with Crippen molar-refractivity contribution in [1.82, 2.24) is 9.78 Å². The summed E-state index contributed by atoms with van der Waals surface area (Å²) in [6, 6.07) is 6.03. The second-order valence-corrected chi connectivity index (χ2v) is 4.84. The summed E-state index contributed by atoms with van der Waals surface area (Å²) in [5.74, 6) is 0. The SMILES string of the molecule is Cc1ccc(Br)cc1C(N)c1cnn(C)c1. The van der Waals surface area contributed by atoms with Gasteiger partial charge in [-0.05, 0) is 30.2 Å². The van der Waals surface area contributed by atoms with E-state index in [2.05, 4.69) is 40.1 Å². The molecular formula is C12H14BrN3. The van der Waals surface area contributed by atoms with Gasteiger partial charge in [0.1, 0.15) is 0 Å². The Morgan fingerprint density at radius 1 is 1.44 bits per heavy atom. The number of hydrogen-bond acceptors (Lipinski definition) is 2. The third kappa shape index (κ3) is 2.18. The molecule has 0 radical (unpaired) electrons. The average Bonchev–Trinajstić information content (AvgIpc) is 2.67. The molecule has 0 aliphatic heterocycles. The first kappa shape index (κ1) is 11.4. The van der Waals surface area contributed by atoms with E-state index in [0.29, 0.717) is 0 Å². The molecule has 84 valence electrons. The summed E-state index contributed by atoms with van der Waals surface area (Å²) in [6.45, 7) is 2.07. The Balaban J connectivity index is 2.40. The maximum Gasteiger partial charge on any atom is 0.0585 e. The molecule has 0 saturated heterocycles. The highest BCUT2D eigenvalue weighted by molar-refractivity contribution is 9.10. The van der Waals surface area contributed by atoms with E-state index in [1.165, 1.54) is 5.56 Å². The van der Waals surface area contributed by atoms with E-state index in [1.54, 1.807) is 4.68 Å². The standard InChI is InChI=1S/C12H14BrN3/c1-8-3-4-10(13)5-11(8)12(14)9-6-15-16(2)7-9/h3-7,12H,14H2,1-2H3. The van der Waals surface area contributed by atoms with E-state index < -0.39 is 0 Å². The number of halogens is 1. The number of aromatic nitrogens is 2. The van der Waals surface area contributed by atoms with Crippen molar-refractivity contribution in [3.8, 4) is 0 Å². The number of benzene rings is 1. The van der Waals surface area contributed by atoms with Crippen LogP contribution < -0.4 is 5.73 Å². The Kier molecular flexibility index (Phi) is 3.12. The molecule has 4 heteroatoms. The summed E-state index contributed by atoms with van der Waals surface area (Å²) in [6.07, 6.45) is 3.76. The molecule has 1 unspecified atom stereocenters. The molecule has 1 heterocycles. The van der Waals surface area contributed by atoms with Crippen LogP contribution in [0, 0.1) is 6.92 Å². The summed E-state index contributed by atoms with van der Waals surface area (Å²) in [4.78, 5) is 0. The fourth-order valence-corrected chi connectivity index (χ4v) is 2.11. The molecule has 0 aliphatic carbocycles. The molecular weight excluding hydrogens is 266 g/mol. The summed E-state index contributed by atoms with van der Waals surface area (Å²) in [5.41, 5.74) is 9.58. The van der Waals surface area contributed by atoms with Crippen LogP contribution >= 0.6 is 15.9 Å². The van der Waals surface area contributed by atoms with Crippen LogP contribution in [0.4, 0.5) is 0 Å². The third-order valence-corrected chi connectivity index (χ3v) is 3.15. The molecule has 0 aliphatic rings. The van der Waals surface area contributed by atoms with Crippen LogP contribution in [0.25, 0.3) is 0 Å². The van der Waals surface area contributed by atoms with Crippen LogP contribution in [-0.2, 0) is 7.05 Å². The Labute approximate surface area is 103 Å². The minimum Gasteiger partial charge on any atom is -0.320 e. The monoisotopic (exact) mass is 279 g/mol. The quantitative estimate of drug-likeness (QED) is 0.918. The summed E-state index contributed by atoms with van der Waals surface area (Å²) in [5, 5.41) is 4.14.